The van der Waals surface area contributed by atoms with Gasteiger partial charge in [0.25, 0.3) is 5.91 Å². The van der Waals surface area contributed by atoms with Crippen LogP contribution in [0.3, 0.4) is 0 Å². The smallest absolute Gasteiger partial charge is 0.271 e. The van der Waals surface area contributed by atoms with Crippen molar-refractivity contribution in [2.24, 2.45) is 5.73 Å². The normalized spacial score (nSPS) is 16.6. The zero-order valence-corrected chi connectivity index (χ0v) is 12.2. The fourth-order valence-electron chi connectivity index (χ4n) is 2.13. The first-order valence-corrected chi connectivity index (χ1v) is 7.04. The summed E-state index contributed by atoms with van der Waals surface area (Å²) in [5, 5.41) is 5.89. The van der Waals surface area contributed by atoms with E-state index in [1.165, 1.54) is 17.8 Å². The molecular weight excluding hydrogens is 270 g/mol. The van der Waals surface area contributed by atoms with Crippen LogP contribution in [0.15, 0.2) is 5.38 Å². The first kappa shape index (κ1) is 15.4. The Morgan fingerprint density at radius 3 is 2.83 bits per heavy atom. The topological polar surface area (TPSA) is 68.0 Å². The fourth-order valence-corrected chi connectivity index (χ4v) is 2.92. The maximum absolute atomic E-state index is 12.0. The van der Waals surface area contributed by atoms with Crippen LogP contribution in [0.4, 0.5) is 0 Å². The Labute approximate surface area is 118 Å². The Kier molecular flexibility index (Phi) is 5.56. The van der Waals surface area contributed by atoms with E-state index in [1.54, 1.807) is 0 Å². The van der Waals surface area contributed by atoms with Crippen LogP contribution in [-0.2, 0) is 6.42 Å². The van der Waals surface area contributed by atoms with Crippen molar-refractivity contribution in [3.05, 3.63) is 16.1 Å². The number of hydrogen-bond donors (Lipinski definition) is 2. The van der Waals surface area contributed by atoms with E-state index in [0.717, 1.165) is 30.7 Å². The van der Waals surface area contributed by atoms with Gasteiger partial charge in [-0.3, -0.25) is 4.79 Å². The summed E-state index contributed by atoms with van der Waals surface area (Å²) in [6.45, 7) is 2.70. The molecule has 1 aliphatic carbocycles. The summed E-state index contributed by atoms with van der Waals surface area (Å²) in [4.78, 5) is 16.3. The van der Waals surface area contributed by atoms with Crippen molar-refractivity contribution >= 4 is 29.7 Å². The van der Waals surface area contributed by atoms with E-state index in [0.29, 0.717) is 12.2 Å². The van der Waals surface area contributed by atoms with E-state index in [4.69, 9.17) is 5.73 Å². The van der Waals surface area contributed by atoms with Gasteiger partial charge < -0.3 is 11.1 Å². The zero-order valence-electron chi connectivity index (χ0n) is 10.6. The maximum atomic E-state index is 12.0. The average Bonchev–Trinajstić information content (AvgIpc) is 2.72. The van der Waals surface area contributed by atoms with Gasteiger partial charge in [0.15, 0.2) is 0 Å². The molecule has 1 aromatic heterocycles. The minimum Gasteiger partial charge on any atom is -0.345 e. The van der Waals surface area contributed by atoms with Gasteiger partial charge in [0, 0.05) is 17.3 Å². The van der Waals surface area contributed by atoms with Crippen LogP contribution in [0.2, 0.25) is 0 Å². The number of carbonyl (C=O) groups is 1. The van der Waals surface area contributed by atoms with Crippen LogP contribution < -0.4 is 11.1 Å². The van der Waals surface area contributed by atoms with Crippen LogP contribution in [0.1, 0.15) is 48.1 Å². The van der Waals surface area contributed by atoms with Crippen molar-refractivity contribution in [3.63, 3.8) is 0 Å². The Bertz CT molecular complexity index is 398. The third-order valence-corrected chi connectivity index (χ3v) is 4.42. The van der Waals surface area contributed by atoms with Gasteiger partial charge in [-0.05, 0) is 32.2 Å². The number of nitrogens with two attached hydrogens (primary N) is 1. The lowest BCUT2D eigenvalue weighted by Crippen LogP contribution is -2.53. The number of thiazole rings is 1. The molecule has 1 heterocycles. The van der Waals surface area contributed by atoms with E-state index >= 15 is 0 Å². The van der Waals surface area contributed by atoms with Gasteiger partial charge in [-0.2, -0.15) is 0 Å². The van der Waals surface area contributed by atoms with E-state index in [1.807, 2.05) is 5.38 Å². The summed E-state index contributed by atoms with van der Waals surface area (Å²) in [6.07, 6.45) is 5.14. The van der Waals surface area contributed by atoms with Crippen LogP contribution in [0.5, 0.6) is 0 Å². The Hall–Kier alpha value is -0.650. The van der Waals surface area contributed by atoms with Gasteiger partial charge in [0.2, 0.25) is 0 Å². The first-order chi connectivity index (χ1) is 8.19. The summed E-state index contributed by atoms with van der Waals surface area (Å²) in [5.41, 5.74) is 6.04. The molecule has 0 aromatic carbocycles. The lowest BCUT2D eigenvalue weighted by molar-refractivity contribution is 0.0815. The molecular formula is C12H20ClN3OS. The van der Waals surface area contributed by atoms with Crippen molar-refractivity contribution in [1.82, 2.24) is 10.3 Å². The van der Waals surface area contributed by atoms with Crippen LogP contribution in [0, 0.1) is 0 Å². The molecule has 0 bridgehead atoms. The summed E-state index contributed by atoms with van der Waals surface area (Å²) in [5.74, 6) is -0.0360. The van der Waals surface area contributed by atoms with Gasteiger partial charge in [-0.1, -0.05) is 6.92 Å². The quantitative estimate of drug-likeness (QED) is 0.872. The molecule has 1 aliphatic rings. The Morgan fingerprint density at radius 2 is 2.33 bits per heavy atom. The summed E-state index contributed by atoms with van der Waals surface area (Å²) < 4.78 is 0. The molecule has 102 valence electrons. The molecule has 1 aromatic rings. The summed E-state index contributed by atoms with van der Waals surface area (Å²) >= 11 is 1.51. The van der Waals surface area contributed by atoms with E-state index < -0.39 is 0 Å². The second kappa shape index (κ2) is 6.50. The van der Waals surface area contributed by atoms with Crippen LogP contribution >= 0.6 is 23.7 Å². The van der Waals surface area contributed by atoms with Gasteiger partial charge in [-0.15, -0.1) is 23.7 Å². The lowest BCUT2D eigenvalue weighted by atomic mass is 9.75. The molecule has 0 atom stereocenters. The van der Waals surface area contributed by atoms with E-state index in [9.17, 15) is 4.79 Å². The molecule has 4 nitrogen and oxygen atoms in total. The van der Waals surface area contributed by atoms with Crippen molar-refractivity contribution < 1.29 is 4.79 Å². The Balaban J connectivity index is 0.00000162. The van der Waals surface area contributed by atoms with Gasteiger partial charge in [-0.25, -0.2) is 4.98 Å². The largest absolute Gasteiger partial charge is 0.345 e. The highest BCUT2D eigenvalue weighted by atomic mass is 35.5. The zero-order chi connectivity index (χ0) is 12.3. The molecule has 1 saturated carbocycles. The fraction of sp³-hybridized carbons (Fsp3) is 0.667. The maximum Gasteiger partial charge on any atom is 0.271 e. The molecule has 0 saturated heterocycles. The molecule has 1 fully saturated rings. The van der Waals surface area contributed by atoms with Crippen LogP contribution in [0.25, 0.3) is 0 Å². The third-order valence-electron chi connectivity index (χ3n) is 3.51. The number of halogens is 1. The number of carbonyl (C=O) groups excluding carboxylic acids is 1. The number of aromatic nitrogens is 1. The minimum atomic E-state index is -0.0360. The molecule has 3 N–H and O–H groups in total. The number of amides is 1. The highest BCUT2D eigenvalue weighted by Crippen LogP contribution is 2.34. The standard InChI is InChI=1S/C12H19N3OS.ClH/c1-2-12(5-3-6-12)15-11(16)9-8-17-10(14-9)4-7-13;/h8H,2-7,13H2,1H3,(H,15,16);1H. The second-order valence-corrected chi connectivity index (χ2v) is 5.55. The molecule has 0 aliphatic heterocycles. The predicted octanol–water partition coefficient (Wildman–Crippen LogP) is 2.13. The second-order valence-electron chi connectivity index (χ2n) is 4.61. The Morgan fingerprint density at radius 1 is 1.61 bits per heavy atom. The number of rotatable bonds is 5. The lowest BCUT2D eigenvalue weighted by Gasteiger charge is -2.41. The number of nitrogens with one attached hydrogen (secondary N) is 1. The SMILES string of the molecule is CCC1(NC(=O)c2csc(CCN)n2)CCC1.Cl. The monoisotopic (exact) mass is 289 g/mol. The molecule has 0 unspecified atom stereocenters. The van der Waals surface area contributed by atoms with Crippen molar-refractivity contribution in [2.45, 2.75) is 44.6 Å². The molecule has 0 spiro atoms. The molecule has 0 radical (unpaired) electrons. The molecule has 6 heteroatoms. The van der Waals surface area contributed by atoms with Gasteiger partial charge in [0.1, 0.15) is 5.69 Å². The van der Waals surface area contributed by atoms with Gasteiger partial charge in [0.05, 0.1) is 5.01 Å². The van der Waals surface area contributed by atoms with Gasteiger partial charge >= 0.3 is 0 Å². The van der Waals surface area contributed by atoms with E-state index in [2.05, 4.69) is 17.2 Å². The summed E-state index contributed by atoms with van der Waals surface area (Å²) in [7, 11) is 0. The minimum absolute atomic E-state index is 0. The van der Waals surface area contributed by atoms with Crippen molar-refractivity contribution in [2.75, 3.05) is 6.54 Å². The predicted molar refractivity (Wildman–Crippen MR) is 76.5 cm³/mol. The van der Waals surface area contributed by atoms with Crippen molar-refractivity contribution in [3.8, 4) is 0 Å². The highest BCUT2D eigenvalue weighted by molar-refractivity contribution is 7.09. The van der Waals surface area contributed by atoms with Crippen LogP contribution in [-0.4, -0.2) is 23.0 Å². The molecule has 18 heavy (non-hydrogen) atoms. The molecule has 1 amide bonds. The average molecular weight is 290 g/mol. The van der Waals surface area contributed by atoms with Crippen molar-refractivity contribution in [1.29, 1.82) is 0 Å². The number of hydrogen-bond acceptors (Lipinski definition) is 4. The third kappa shape index (κ3) is 3.22. The number of nitrogens with zero attached hydrogens (tertiary/aromatic N) is 1. The summed E-state index contributed by atoms with van der Waals surface area (Å²) in [6, 6.07) is 0. The first-order valence-electron chi connectivity index (χ1n) is 6.16. The highest BCUT2D eigenvalue weighted by Gasteiger charge is 2.36. The molecule has 2 rings (SSSR count). The van der Waals surface area contributed by atoms with E-state index in [-0.39, 0.29) is 23.9 Å².